The summed E-state index contributed by atoms with van der Waals surface area (Å²) >= 11 is 0. The minimum atomic E-state index is -0.346. The van der Waals surface area contributed by atoms with Gasteiger partial charge in [0.1, 0.15) is 5.82 Å². The Kier molecular flexibility index (Phi) is 7.91. The quantitative estimate of drug-likeness (QED) is 0.317. The first kappa shape index (κ1) is 24.9. The number of nitrogens with zero attached hydrogens (tertiary/aromatic N) is 1. The Bertz CT molecular complexity index is 1320. The van der Waals surface area contributed by atoms with Gasteiger partial charge in [0.2, 0.25) is 5.91 Å². The van der Waals surface area contributed by atoms with E-state index in [1.165, 1.54) is 12.1 Å². The van der Waals surface area contributed by atoms with E-state index < -0.39 is 0 Å². The van der Waals surface area contributed by atoms with Gasteiger partial charge < -0.3 is 10.2 Å². The van der Waals surface area contributed by atoms with Crippen LogP contribution in [0.5, 0.6) is 0 Å². The van der Waals surface area contributed by atoms with Gasteiger partial charge >= 0.3 is 0 Å². The first-order chi connectivity index (χ1) is 17.4. The molecule has 2 amide bonds. The molecule has 182 valence electrons. The molecular formula is C31H29FN2O2. The molecule has 0 unspecified atom stereocenters. The van der Waals surface area contributed by atoms with Crippen molar-refractivity contribution in [2.24, 2.45) is 0 Å². The highest BCUT2D eigenvalue weighted by Crippen LogP contribution is 2.22. The van der Waals surface area contributed by atoms with Gasteiger partial charge in [0, 0.05) is 11.3 Å². The van der Waals surface area contributed by atoms with Crippen LogP contribution >= 0.6 is 0 Å². The average Bonchev–Trinajstić information content (AvgIpc) is 2.88. The van der Waals surface area contributed by atoms with Gasteiger partial charge in [0.05, 0.1) is 19.0 Å². The largest absolute Gasteiger partial charge is 0.349 e. The van der Waals surface area contributed by atoms with Crippen LogP contribution in [0, 0.1) is 12.7 Å². The number of carbonyl (C=O) groups is 2. The van der Waals surface area contributed by atoms with Gasteiger partial charge in [-0.15, -0.1) is 0 Å². The van der Waals surface area contributed by atoms with Crippen LogP contribution in [0.4, 0.5) is 10.1 Å². The normalized spacial score (nSPS) is 11.5. The van der Waals surface area contributed by atoms with Crippen LogP contribution in [0.3, 0.4) is 0 Å². The molecule has 4 aromatic carbocycles. The lowest BCUT2D eigenvalue weighted by Gasteiger charge is -2.24. The molecule has 0 heterocycles. The number of rotatable bonds is 8. The fourth-order valence-corrected chi connectivity index (χ4v) is 4.05. The van der Waals surface area contributed by atoms with Crippen molar-refractivity contribution < 1.29 is 14.0 Å². The molecule has 1 atom stereocenters. The Balaban J connectivity index is 1.51. The Hall–Kier alpha value is -4.25. The standard InChI is InChI=1S/C31H29FN2O2/c1-22-11-15-27(16-12-22)31(36)34(21-25-7-6-10-28(32)19-25)29-17-13-24(14-18-29)20-30(35)33-23(2)26-8-4-3-5-9-26/h3-19,23H,20-21H2,1-2H3,(H,33,35)/t23-/m1/s1. The molecule has 0 aliphatic heterocycles. The number of aryl methyl sites for hydroxylation is 1. The predicted molar refractivity (Wildman–Crippen MR) is 141 cm³/mol. The molecule has 0 aliphatic carbocycles. The molecular weight excluding hydrogens is 451 g/mol. The van der Waals surface area contributed by atoms with E-state index in [9.17, 15) is 14.0 Å². The van der Waals surface area contributed by atoms with Gasteiger partial charge in [0.25, 0.3) is 5.91 Å². The summed E-state index contributed by atoms with van der Waals surface area (Å²) in [6.45, 7) is 4.14. The maximum atomic E-state index is 13.8. The molecule has 4 rings (SSSR count). The molecule has 0 saturated carbocycles. The van der Waals surface area contributed by atoms with E-state index >= 15 is 0 Å². The van der Waals surface area contributed by atoms with Crippen molar-refractivity contribution in [3.8, 4) is 0 Å². The predicted octanol–water partition coefficient (Wildman–Crippen LogP) is 6.40. The zero-order valence-corrected chi connectivity index (χ0v) is 20.4. The summed E-state index contributed by atoms with van der Waals surface area (Å²) in [5.74, 6) is -0.603. The van der Waals surface area contributed by atoms with Crippen molar-refractivity contribution in [2.75, 3.05) is 4.90 Å². The summed E-state index contributed by atoms with van der Waals surface area (Å²) in [4.78, 5) is 27.7. The minimum absolute atomic E-state index is 0.0774. The van der Waals surface area contributed by atoms with Crippen molar-refractivity contribution in [1.29, 1.82) is 0 Å². The molecule has 0 radical (unpaired) electrons. The maximum absolute atomic E-state index is 13.8. The highest BCUT2D eigenvalue weighted by molar-refractivity contribution is 6.06. The third kappa shape index (κ3) is 6.45. The van der Waals surface area contributed by atoms with Gasteiger partial charge in [-0.3, -0.25) is 9.59 Å². The Morgan fingerprint density at radius 1 is 0.833 bits per heavy atom. The van der Waals surface area contributed by atoms with Crippen LogP contribution in [-0.4, -0.2) is 11.8 Å². The summed E-state index contributed by atoms with van der Waals surface area (Å²) in [5.41, 5.74) is 4.86. The average molecular weight is 481 g/mol. The molecule has 5 heteroatoms. The highest BCUT2D eigenvalue weighted by Gasteiger charge is 2.19. The summed E-state index contributed by atoms with van der Waals surface area (Å²) in [6.07, 6.45) is 0.229. The van der Waals surface area contributed by atoms with E-state index in [1.54, 1.807) is 29.2 Å². The maximum Gasteiger partial charge on any atom is 0.258 e. The lowest BCUT2D eigenvalue weighted by atomic mass is 10.1. The number of halogens is 1. The zero-order chi connectivity index (χ0) is 25.5. The number of carbonyl (C=O) groups excluding carboxylic acids is 2. The fraction of sp³-hybridized carbons (Fsp3) is 0.161. The number of hydrogen-bond donors (Lipinski definition) is 1. The molecule has 0 spiro atoms. The highest BCUT2D eigenvalue weighted by atomic mass is 19.1. The summed E-state index contributed by atoms with van der Waals surface area (Å²) in [7, 11) is 0. The van der Waals surface area contributed by atoms with E-state index in [0.717, 1.165) is 16.7 Å². The van der Waals surface area contributed by atoms with E-state index in [-0.39, 0.29) is 36.6 Å². The van der Waals surface area contributed by atoms with Gasteiger partial charge in [-0.1, -0.05) is 72.3 Å². The number of nitrogens with one attached hydrogen (secondary N) is 1. The van der Waals surface area contributed by atoms with Crippen molar-refractivity contribution >= 4 is 17.5 Å². The van der Waals surface area contributed by atoms with Crippen molar-refractivity contribution in [3.05, 3.63) is 137 Å². The molecule has 36 heavy (non-hydrogen) atoms. The minimum Gasteiger partial charge on any atom is -0.349 e. The van der Waals surface area contributed by atoms with Crippen LogP contribution in [0.1, 0.15) is 45.6 Å². The van der Waals surface area contributed by atoms with Crippen LogP contribution in [0.15, 0.2) is 103 Å². The van der Waals surface area contributed by atoms with Crippen molar-refractivity contribution in [2.45, 2.75) is 32.9 Å². The van der Waals surface area contributed by atoms with Gasteiger partial charge in [-0.2, -0.15) is 0 Å². The summed E-state index contributed by atoms with van der Waals surface area (Å²) in [5, 5.41) is 3.03. The summed E-state index contributed by atoms with van der Waals surface area (Å²) in [6, 6.07) is 30.7. The van der Waals surface area contributed by atoms with Crippen molar-refractivity contribution in [3.63, 3.8) is 0 Å². The smallest absolute Gasteiger partial charge is 0.258 e. The van der Waals surface area contributed by atoms with Gasteiger partial charge in [-0.05, 0) is 66.9 Å². The number of hydrogen-bond acceptors (Lipinski definition) is 2. The lowest BCUT2D eigenvalue weighted by molar-refractivity contribution is -0.121. The van der Waals surface area contributed by atoms with E-state index in [1.807, 2.05) is 80.6 Å². The van der Waals surface area contributed by atoms with Crippen LogP contribution in [0.25, 0.3) is 0 Å². The summed E-state index contributed by atoms with van der Waals surface area (Å²) < 4.78 is 13.8. The van der Waals surface area contributed by atoms with Crippen molar-refractivity contribution in [1.82, 2.24) is 5.32 Å². The number of anilines is 1. The molecule has 4 aromatic rings. The second kappa shape index (κ2) is 11.5. The monoisotopic (exact) mass is 480 g/mol. The Morgan fingerprint density at radius 2 is 1.53 bits per heavy atom. The van der Waals surface area contributed by atoms with E-state index in [2.05, 4.69) is 5.32 Å². The first-order valence-corrected chi connectivity index (χ1v) is 12.0. The molecule has 0 saturated heterocycles. The molecule has 0 bridgehead atoms. The molecule has 4 nitrogen and oxygen atoms in total. The van der Waals surface area contributed by atoms with Crippen LogP contribution < -0.4 is 10.2 Å². The molecule has 0 aliphatic rings. The molecule has 1 N–H and O–H groups in total. The Morgan fingerprint density at radius 3 is 2.19 bits per heavy atom. The first-order valence-electron chi connectivity index (χ1n) is 12.0. The SMILES string of the molecule is Cc1ccc(C(=O)N(Cc2cccc(F)c2)c2ccc(CC(=O)N[C@H](C)c3ccccc3)cc2)cc1. The van der Waals surface area contributed by atoms with Crippen LogP contribution in [0.2, 0.25) is 0 Å². The molecule has 0 fully saturated rings. The third-order valence-corrected chi connectivity index (χ3v) is 6.06. The fourth-order valence-electron chi connectivity index (χ4n) is 4.05. The number of amides is 2. The second-order valence-corrected chi connectivity index (χ2v) is 8.93. The lowest BCUT2D eigenvalue weighted by Crippen LogP contribution is -2.30. The van der Waals surface area contributed by atoms with Gasteiger partial charge in [-0.25, -0.2) is 4.39 Å². The third-order valence-electron chi connectivity index (χ3n) is 6.06. The second-order valence-electron chi connectivity index (χ2n) is 8.93. The topological polar surface area (TPSA) is 49.4 Å². The van der Waals surface area contributed by atoms with Gasteiger partial charge in [0.15, 0.2) is 0 Å². The molecule has 0 aromatic heterocycles. The zero-order valence-electron chi connectivity index (χ0n) is 20.4. The van der Waals surface area contributed by atoms with Crippen LogP contribution in [-0.2, 0) is 17.8 Å². The van der Waals surface area contributed by atoms with E-state index in [0.29, 0.717) is 16.8 Å². The van der Waals surface area contributed by atoms with E-state index in [4.69, 9.17) is 0 Å². The Labute approximate surface area is 211 Å². The number of benzene rings is 4.